The topological polar surface area (TPSA) is 75.6 Å². The van der Waals surface area contributed by atoms with E-state index < -0.39 is 10.0 Å². The summed E-state index contributed by atoms with van der Waals surface area (Å²) < 4.78 is 32.3. The van der Waals surface area contributed by atoms with E-state index in [-0.39, 0.29) is 17.4 Å². The summed E-state index contributed by atoms with van der Waals surface area (Å²) in [6.07, 6.45) is 0.550. The molecule has 120 valence electrons. The van der Waals surface area contributed by atoms with Gasteiger partial charge in [0.25, 0.3) is 0 Å². The van der Waals surface area contributed by atoms with Gasteiger partial charge in [0.05, 0.1) is 11.5 Å². The molecule has 6 heteroatoms. The highest BCUT2D eigenvalue weighted by molar-refractivity contribution is 7.89. The molecule has 0 fully saturated rings. The highest BCUT2D eigenvalue weighted by Gasteiger charge is 2.16. The van der Waals surface area contributed by atoms with Crippen molar-refractivity contribution in [3.8, 4) is 5.75 Å². The molecule has 0 saturated carbocycles. The summed E-state index contributed by atoms with van der Waals surface area (Å²) in [6, 6.07) is 6.29. The Morgan fingerprint density at radius 3 is 2.33 bits per heavy atom. The van der Waals surface area contributed by atoms with Gasteiger partial charge in [0.1, 0.15) is 5.75 Å². The Bertz CT molecular complexity index is 511. The Morgan fingerprint density at radius 2 is 1.81 bits per heavy atom. The molecule has 1 aromatic carbocycles. The van der Waals surface area contributed by atoms with Gasteiger partial charge in [0.2, 0.25) is 10.0 Å². The molecule has 0 aliphatic carbocycles. The summed E-state index contributed by atoms with van der Waals surface area (Å²) in [5, 5.41) is 8.67. The van der Waals surface area contributed by atoms with Gasteiger partial charge in [-0.25, -0.2) is 13.1 Å². The summed E-state index contributed by atoms with van der Waals surface area (Å²) in [7, 11) is -3.48. The normalized spacial score (nSPS) is 13.4. The molecule has 0 amide bonds. The molecule has 0 heterocycles. The molecule has 0 aromatic heterocycles. The second-order valence-corrected chi connectivity index (χ2v) is 7.24. The van der Waals surface area contributed by atoms with Crippen molar-refractivity contribution in [1.82, 2.24) is 4.72 Å². The van der Waals surface area contributed by atoms with Gasteiger partial charge in [-0.05, 0) is 36.1 Å². The van der Waals surface area contributed by atoms with E-state index in [9.17, 15) is 8.42 Å². The smallest absolute Gasteiger partial charge is 0.240 e. The van der Waals surface area contributed by atoms with Crippen LogP contribution in [0.25, 0.3) is 0 Å². The second kappa shape index (κ2) is 8.36. The van der Waals surface area contributed by atoms with Gasteiger partial charge in [0.15, 0.2) is 0 Å². The predicted octanol–water partition coefficient (Wildman–Crippen LogP) is 2.02. The first-order chi connectivity index (χ1) is 9.86. The van der Waals surface area contributed by atoms with E-state index in [1.165, 1.54) is 12.1 Å². The molecule has 1 unspecified atom stereocenters. The van der Waals surface area contributed by atoms with Gasteiger partial charge >= 0.3 is 0 Å². The standard InChI is InChI=1S/C15H25NO4S/c1-12(2)13(3)11-16-21(18,19)15-7-5-14(6-8-15)20-10-4-9-17/h5-8,12-13,16-17H,4,9-11H2,1-3H3. The minimum Gasteiger partial charge on any atom is -0.494 e. The van der Waals surface area contributed by atoms with Crippen molar-refractivity contribution in [1.29, 1.82) is 0 Å². The van der Waals surface area contributed by atoms with Gasteiger partial charge in [-0.1, -0.05) is 20.8 Å². The van der Waals surface area contributed by atoms with Crippen LogP contribution in [0.4, 0.5) is 0 Å². The van der Waals surface area contributed by atoms with Crippen molar-refractivity contribution in [3.05, 3.63) is 24.3 Å². The van der Waals surface area contributed by atoms with Crippen LogP contribution in [0.5, 0.6) is 5.75 Å². The molecule has 1 aromatic rings. The fourth-order valence-corrected chi connectivity index (χ4v) is 2.67. The maximum absolute atomic E-state index is 12.1. The van der Waals surface area contributed by atoms with Crippen LogP contribution < -0.4 is 9.46 Å². The Balaban J connectivity index is 2.62. The van der Waals surface area contributed by atoms with Crippen molar-refractivity contribution in [3.63, 3.8) is 0 Å². The minimum absolute atomic E-state index is 0.0738. The number of rotatable bonds is 9. The molecular formula is C15H25NO4S. The third-order valence-corrected chi connectivity index (χ3v) is 4.88. The van der Waals surface area contributed by atoms with E-state index in [4.69, 9.17) is 9.84 Å². The highest BCUT2D eigenvalue weighted by atomic mass is 32.2. The average Bonchev–Trinajstić information content (AvgIpc) is 2.45. The molecule has 0 saturated heterocycles. The maximum atomic E-state index is 12.1. The number of aliphatic hydroxyl groups is 1. The van der Waals surface area contributed by atoms with Crippen LogP contribution in [-0.2, 0) is 10.0 Å². The number of ether oxygens (including phenoxy) is 1. The third-order valence-electron chi connectivity index (χ3n) is 3.44. The Morgan fingerprint density at radius 1 is 1.19 bits per heavy atom. The lowest BCUT2D eigenvalue weighted by Gasteiger charge is -2.16. The zero-order chi connectivity index (χ0) is 15.9. The number of nitrogens with one attached hydrogen (secondary N) is 1. The van der Waals surface area contributed by atoms with E-state index >= 15 is 0 Å². The molecule has 1 atom stereocenters. The molecule has 1 rings (SSSR count). The van der Waals surface area contributed by atoms with Gasteiger partial charge in [-0.3, -0.25) is 0 Å². The van der Waals surface area contributed by atoms with E-state index in [1.807, 2.05) is 6.92 Å². The molecule has 0 radical (unpaired) electrons. The summed E-state index contributed by atoms with van der Waals surface area (Å²) >= 11 is 0. The summed E-state index contributed by atoms with van der Waals surface area (Å²) in [5.74, 6) is 1.30. The zero-order valence-corrected chi connectivity index (χ0v) is 13.7. The monoisotopic (exact) mass is 315 g/mol. The molecule has 21 heavy (non-hydrogen) atoms. The average molecular weight is 315 g/mol. The first kappa shape index (κ1) is 17.9. The quantitative estimate of drug-likeness (QED) is 0.684. The van der Waals surface area contributed by atoms with Crippen LogP contribution in [0.3, 0.4) is 0 Å². The van der Waals surface area contributed by atoms with Crippen LogP contribution in [0.2, 0.25) is 0 Å². The van der Waals surface area contributed by atoms with Crippen molar-refractivity contribution in [2.75, 3.05) is 19.8 Å². The lowest BCUT2D eigenvalue weighted by Crippen LogP contribution is -2.30. The van der Waals surface area contributed by atoms with Crippen LogP contribution in [0, 0.1) is 11.8 Å². The summed E-state index contributed by atoms with van der Waals surface area (Å²) in [6.45, 7) is 7.06. The van der Waals surface area contributed by atoms with Crippen LogP contribution >= 0.6 is 0 Å². The van der Waals surface area contributed by atoms with Gasteiger partial charge in [-0.15, -0.1) is 0 Å². The molecule has 0 aliphatic heterocycles. The summed E-state index contributed by atoms with van der Waals surface area (Å²) in [4.78, 5) is 0.230. The highest BCUT2D eigenvalue weighted by Crippen LogP contribution is 2.17. The lowest BCUT2D eigenvalue weighted by molar-refractivity contribution is 0.233. The summed E-state index contributed by atoms with van der Waals surface area (Å²) in [5.41, 5.74) is 0. The maximum Gasteiger partial charge on any atom is 0.240 e. The van der Waals surface area contributed by atoms with Crippen LogP contribution in [-0.4, -0.2) is 33.3 Å². The fourth-order valence-electron chi connectivity index (χ4n) is 1.53. The molecule has 2 N–H and O–H groups in total. The molecule has 0 spiro atoms. The number of sulfonamides is 1. The molecular weight excluding hydrogens is 290 g/mol. The van der Waals surface area contributed by atoms with E-state index in [0.29, 0.717) is 31.2 Å². The number of hydrogen-bond donors (Lipinski definition) is 2. The zero-order valence-electron chi connectivity index (χ0n) is 12.9. The first-order valence-electron chi connectivity index (χ1n) is 7.20. The largest absolute Gasteiger partial charge is 0.494 e. The Labute approximate surface area is 127 Å². The van der Waals surface area contributed by atoms with Crippen molar-refractivity contribution in [2.24, 2.45) is 11.8 Å². The molecule has 5 nitrogen and oxygen atoms in total. The van der Waals surface area contributed by atoms with E-state index in [2.05, 4.69) is 18.6 Å². The van der Waals surface area contributed by atoms with Crippen molar-refractivity contribution in [2.45, 2.75) is 32.1 Å². The fraction of sp³-hybridized carbons (Fsp3) is 0.600. The van der Waals surface area contributed by atoms with Gasteiger partial charge < -0.3 is 9.84 Å². The lowest BCUT2D eigenvalue weighted by atomic mass is 9.99. The number of benzene rings is 1. The Hall–Kier alpha value is -1.11. The van der Waals surface area contributed by atoms with Crippen LogP contribution in [0.15, 0.2) is 29.2 Å². The van der Waals surface area contributed by atoms with Crippen molar-refractivity contribution < 1.29 is 18.3 Å². The van der Waals surface area contributed by atoms with Crippen molar-refractivity contribution >= 4 is 10.0 Å². The first-order valence-corrected chi connectivity index (χ1v) is 8.68. The predicted molar refractivity (Wildman–Crippen MR) is 82.8 cm³/mol. The SMILES string of the molecule is CC(C)C(C)CNS(=O)(=O)c1ccc(OCCCO)cc1. The van der Waals surface area contributed by atoms with E-state index in [0.717, 1.165) is 0 Å². The number of hydrogen-bond acceptors (Lipinski definition) is 4. The number of aliphatic hydroxyl groups excluding tert-OH is 1. The Kier molecular flexibility index (Phi) is 7.14. The van der Waals surface area contributed by atoms with Gasteiger partial charge in [-0.2, -0.15) is 0 Å². The molecule has 0 bridgehead atoms. The molecule has 0 aliphatic rings. The second-order valence-electron chi connectivity index (χ2n) is 5.47. The van der Waals surface area contributed by atoms with E-state index in [1.54, 1.807) is 12.1 Å². The minimum atomic E-state index is -3.48. The third kappa shape index (κ3) is 6.03. The van der Waals surface area contributed by atoms with Gasteiger partial charge in [0, 0.05) is 19.6 Å². The van der Waals surface area contributed by atoms with Crippen LogP contribution in [0.1, 0.15) is 27.2 Å².